The topological polar surface area (TPSA) is 80.3 Å². The van der Waals surface area contributed by atoms with Gasteiger partial charge in [-0.25, -0.2) is 16.8 Å². The van der Waals surface area contributed by atoms with Crippen molar-refractivity contribution >= 4 is 48.9 Å². The molecule has 0 heterocycles. The van der Waals surface area contributed by atoms with Crippen molar-refractivity contribution in [1.82, 2.24) is 0 Å². The Morgan fingerprint density at radius 2 is 1.64 bits per heavy atom. The van der Waals surface area contributed by atoms with Gasteiger partial charge in [-0.2, -0.15) is 8.78 Å². The molecule has 1 N–H and O–H groups in total. The number of halogens is 3. The third kappa shape index (κ3) is 5.30. The first-order valence-electron chi connectivity index (χ1n) is 6.56. The number of sulfone groups is 1. The first-order valence-corrected chi connectivity index (χ1v) is 11.2. The van der Waals surface area contributed by atoms with Crippen LogP contribution in [0.4, 0.5) is 14.5 Å². The minimum atomic E-state index is -4.16. The maximum Gasteiger partial charge on any atom is 0.288 e. The maximum atomic E-state index is 12.4. The molecule has 0 saturated carbocycles. The number of thioether (sulfide) groups is 1. The number of hydrogen-bond donors (Lipinski definition) is 1. The molecule has 0 fully saturated rings. The van der Waals surface area contributed by atoms with Crippen LogP contribution in [0.2, 0.25) is 5.02 Å². The highest BCUT2D eigenvalue weighted by Gasteiger charge is 2.21. The molecule has 2 aromatic rings. The van der Waals surface area contributed by atoms with E-state index in [9.17, 15) is 25.6 Å². The van der Waals surface area contributed by atoms with Gasteiger partial charge in [-0.15, -0.1) is 0 Å². The second-order valence-corrected chi connectivity index (χ2v) is 10.0. The molecule has 0 radical (unpaired) electrons. The molecule has 2 rings (SSSR count). The van der Waals surface area contributed by atoms with Crippen LogP contribution in [0.5, 0.6) is 0 Å². The largest absolute Gasteiger partial charge is 0.288 e. The molecule has 0 amide bonds. The molecule has 0 bridgehead atoms. The monoisotopic (exact) mass is 427 g/mol. The van der Waals surface area contributed by atoms with Crippen LogP contribution in [-0.4, -0.2) is 28.8 Å². The van der Waals surface area contributed by atoms with Crippen LogP contribution >= 0.6 is 23.4 Å². The van der Waals surface area contributed by atoms with E-state index < -0.39 is 30.5 Å². The molecule has 0 unspecified atom stereocenters. The first kappa shape index (κ1) is 20.0. The SMILES string of the molecule is CS(=O)(=O)c1ccc(Cl)c(S(=O)(=O)Nc2ccc(SC(F)F)cc2)c1. The summed E-state index contributed by atoms with van der Waals surface area (Å²) in [6.45, 7) is 0. The predicted molar refractivity (Wildman–Crippen MR) is 93.7 cm³/mol. The quantitative estimate of drug-likeness (QED) is 0.708. The summed E-state index contributed by atoms with van der Waals surface area (Å²) in [6, 6.07) is 8.64. The van der Waals surface area contributed by atoms with Gasteiger partial charge in [0.1, 0.15) is 4.90 Å². The molecule has 0 aliphatic heterocycles. The molecule has 0 aliphatic rings. The Morgan fingerprint density at radius 1 is 1.04 bits per heavy atom. The molecule has 11 heteroatoms. The Labute approximate surface area is 153 Å². The summed E-state index contributed by atoms with van der Waals surface area (Å²) in [7, 11) is -7.78. The number of nitrogens with one attached hydrogen (secondary N) is 1. The zero-order valence-corrected chi connectivity index (χ0v) is 15.8. The fourth-order valence-corrected chi connectivity index (χ4v) is 4.64. The van der Waals surface area contributed by atoms with E-state index in [1.54, 1.807) is 0 Å². The Kier molecular flexibility index (Phi) is 5.97. The Bertz CT molecular complexity index is 978. The lowest BCUT2D eigenvalue weighted by Gasteiger charge is -2.11. The van der Waals surface area contributed by atoms with Crippen molar-refractivity contribution in [3.63, 3.8) is 0 Å². The molecule has 0 saturated heterocycles. The van der Waals surface area contributed by atoms with Gasteiger partial charge in [0.05, 0.1) is 9.92 Å². The van der Waals surface area contributed by atoms with E-state index in [-0.39, 0.29) is 20.5 Å². The number of anilines is 1. The average Bonchev–Trinajstić information content (AvgIpc) is 2.47. The summed E-state index contributed by atoms with van der Waals surface area (Å²) < 4.78 is 74.9. The molecular formula is C14H12ClF2NO4S3. The van der Waals surface area contributed by atoms with Gasteiger partial charge in [-0.05, 0) is 42.5 Å². The molecule has 2 aromatic carbocycles. The smallest absolute Gasteiger partial charge is 0.280 e. The van der Waals surface area contributed by atoms with Gasteiger partial charge in [-0.1, -0.05) is 23.4 Å². The van der Waals surface area contributed by atoms with E-state index in [1.807, 2.05) is 0 Å². The lowest BCUT2D eigenvalue weighted by molar-refractivity contribution is 0.252. The summed E-state index contributed by atoms with van der Waals surface area (Å²) >= 11 is 6.21. The van der Waals surface area contributed by atoms with Gasteiger partial charge in [0.2, 0.25) is 0 Å². The summed E-state index contributed by atoms with van der Waals surface area (Å²) in [4.78, 5) is -0.320. The third-order valence-electron chi connectivity index (χ3n) is 2.95. The lowest BCUT2D eigenvalue weighted by Crippen LogP contribution is -2.14. The molecule has 0 spiro atoms. The Hall–Kier alpha value is -1.36. The molecule has 5 nitrogen and oxygen atoms in total. The van der Waals surface area contributed by atoms with Crippen molar-refractivity contribution < 1.29 is 25.6 Å². The Morgan fingerprint density at radius 3 is 2.16 bits per heavy atom. The zero-order valence-electron chi connectivity index (χ0n) is 12.6. The molecule has 136 valence electrons. The van der Waals surface area contributed by atoms with E-state index in [1.165, 1.54) is 36.4 Å². The van der Waals surface area contributed by atoms with Crippen molar-refractivity contribution in [2.45, 2.75) is 20.4 Å². The van der Waals surface area contributed by atoms with Crippen molar-refractivity contribution in [3.8, 4) is 0 Å². The van der Waals surface area contributed by atoms with Gasteiger partial charge >= 0.3 is 0 Å². The zero-order chi connectivity index (χ0) is 18.8. The highest BCUT2D eigenvalue weighted by Crippen LogP contribution is 2.29. The van der Waals surface area contributed by atoms with Gasteiger partial charge in [0.15, 0.2) is 9.84 Å². The minimum Gasteiger partial charge on any atom is -0.280 e. The van der Waals surface area contributed by atoms with E-state index in [0.717, 1.165) is 12.3 Å². The fraction of sp³-hybridized carbons (Fsp3) is 0.143. The van der Waals surface area contributed by atoms with Crippen molar-refractivity contribution in [3.05, 3.63) is 47.5 Å². The number of sulfonamides is 1. The first-order chi connectivity index (χ1) is 11.5. The molecule has 0 aromatic heterocycles. The van der Waals surface area contributed by atoms with Crippen molar-refractivity contribution in [2.24, 2.45) is 0 Å². The second kappa shape index (κ2) is 7.48. The number of hydrogen-bond acceptors (Lipinski definition) is 5. The van der Waals surface area contributed by atoms with Crippen molar-refractivity contribution in [2.75, 3.05) is 11.0 Å². The van der Waals surface area contributed by atoms with Crippen LogP contribution in [0.1, 0.15) is 0 Å². The minimum absolute atomic E-state index is 0.124. The van der Waals surface area contributed by atoms with Gasteiger partial charge < -0.3 is 0 Å². The van der Waals surface area contributed by atoms with E-state index in [0.29, 0.717) is 11.8 Å². The summed E-state index contributed by atoms with van der Waals surface area (Å²) in [6.07, 6.45) is 0.944. The molecular weight excluding hydrogens is 416 g/mol. The number of rotatable bonds is 6. The van der Waals surface area contributed by atoms with Crippen LogP contribution in [-0.2, 0) is 19.9 Å². The van der Waals surface area contributed by atoms with E-state index in [4.69, 9.17) is 11.6 Å². The van der Waals surface area contributed by atoms with E-state index in [2.05, 4.69) is 4.72 Å². The maximum absolute atomic E-state index is 12.4. The van der Waals surface area contributed by atoms with Crippen LogP contribution in [0.15, 0.2) is 57.2 Å². The van der Waals surface area contributed by atoms with Gasteiger partial charge in [-0.3, -0.25) is 4.72 Å². The summed E-state index contributed by atoms with van der Waals surface area (Å²) in [5, 5.41) is -0.148. The normalized spacial score (nSPS) is 12.4. The second-order valence-electron chi connectivity index (χ2n) is 4.87. The van der Waals surface area contributed by atoms with Gasteiger partial charge in [0, 0.05) is 16.8 Å². The summed E-state index contributed by atoms with van der Waals surface area (Å²) in [5.74, 6) is -2.58. The van der Waals surface area contributed by atoms with Crippen molar-refractivity contribution in [1.29, 1.82) is 0 Å². The number of alkyl halides is 2. The van der Waals surface area contributed by atoms with Gasteiger partial charge in [0.25, 0.3) is 15.8 Å². The number of benzene rings is 2. The standard InChI is InChI=1S/C14H12ClF2NO4S3/c1-24(19,20)11-6-7-12(15)13(8-11)25(21,22)18-9-2-4-10(5-3-9)23-14(16)17/h2-8,14,18H,1H3. The molecule has 0 aliphatic carbocycles. The van der Waals surface area contributed by atoms with Crippen LogP contribution < -0.4 is 4.72 Å². The highest BCUT2D eigenvalue weighted by atomic mass is 35.5. The third-order valence-corrected chi connectivity index (χ3v) is 6.65. The summed E-state index contributed by atoms with van der Waals surface area (Å²) in [5.41, 5.74) is 0.124. The van der Waals surface area contributed by atoms with Crippen LogP contribution in [0.3, 0.4) is 0 Å². The fourth-order valence-electron chi connectivity index (χ4n) is 1.83. The average molecular weight is 428 g/mol. The molecule has 25 heavy (non-hydrogen) atoms. The van der Waals surface area contributed by atoms with Crippen LogP contribution in [0.25, 0.3) is 0 Å². The Balaban J connectivity index is 2.33. The highest BCUT2D eigenvalue weighted by molar-refractivity contribution is 7.99. The van der Waals surface area contributed by atoms with Crippen LogP contribution in [0, 0.1) is 0 Å². The predicted octanol–water partition coefficient (Wildman–Crippen LogP) is 3.86. The van der Waals surface area contributed by atoms with E-state index >= 15 is 0 Å². The lowest BCUT2D eigenvalue weighted by atomic mass is 10.3. The molecule has 0 atom stereocenters.